The van der Waals surface area contributed by atoms with Crippen LogP contribution in [0.25, 0.3) is 0 Å². The molecule has 0 unspecified atom stereocenters. The van der Waals surface area contributed by atoms with Crippen LogP contribution in [-0.2, 0) is 28.6 Å². The zero-order valence-electron chi connectivity index (χ0n) is 18.2. The molecule has 1 saturated carbocycles. The fourth-order valence-electron chi connectivity index (χ4n) is 5.19. The first-order valence-corrected chi connectivity index (χ1v) is 10.1. The topological polar surface area (TPSA) is 119 Å². The van der Waals surface area contributed by atoms with E-state index in [1.807, 2.05) is 0 Å². The number of rotatable bonds is 3. The standard InChI is InChI=1S/C22H30O8/c1-7-11(2)18(24)28-14-10-21(5,27)13-8-9-20(4,26)15(13)17-16(14)22(6,19(25)29-17)30-12(3)23/h7-9,13-17,26-27H,10H2,1-6H3/b11-7+/t13-,14-,15+,16+,17-,20-,21-,22-/m0/s1. The second-order valence-corrected chi connectivity index (χ2v) is 9.21. The van der Waals surface area contributed by atoms with Gasteiger partial charge in [-0.1, -0.05) is 18.2 Å². The van der Waals surface area contributed by atoms with Crippen molar-refractivity contribution in [2.75, 3.05) is 0 Å². The van der Waals surface area contributed by atoms with Crippen LogP contribution in [-0.4, -0.2) is 57.1 Å². The Balaban J connectivity index is 2.14. The minimum Gasteiger partial charge on any atom is -0.458 e. The lowest BCUT2D eigenvalue weighted by atomic mass is 9.72. The summed E-state index contributed by atoms with van der Waals surface area (Å²) in [6, 6.07) is 0. The number of hydrogen-bond donors (Lipinski definition) is 2. The molecule has 0 aromatic carbocycles. The highest BCUT2D eigenvalue weighted by atomic mass is 16.6. The van der Waals surface area contributed by atoms with E-state index in [1.165, 1.54) is 13.8 Å². The number of allylic oxidation sites excluding steroid dienone is 1. The third kappa shape index (κ3) is 3.46. The molecule has 1 heterocycles. The maximum Gasteiger partial charge on any atom is 0.351 e. The normalized spacial score (nSPS) is 45.3. The summed E-state index contributed by atoms with van der Waals surface area (Å²) in [6.07, 6.45) is 2.94. The number of fused-ring (bicyclic) bond motifs is 3. The maximum atomic E-state index is 12.9. The molecular weight excluding hydrogens is 392 g/mol. The Kier molecular flexibility index (Phi) is 5.40. The summed E-state index contributed by atoms with van der Waals surface area (Å²) in [4.78, 5) is 37.3. The van der Waals surface area contributed by atoms with E-state index in [9.17, 15) is 24.6 Å². The molecule has 1 saturated heterocycles. The molecule has 166 valence electrons. The van der Waals surface area contributed by atoms with Gasteiger partial charge in [0.25, 0.3) is 0 Å². The summed E-state index contributed by atoms with van der Waals surface area (Å²) < 4.78 is 16.8. The number of esters is 3. The molecule has 2 N–H and O–H groups in total. The van der Waals surface area contributed by atoms with Crippen LogP contribution in [0.1, 0.15) is 48.0 Å². The summed E-state index contributed by atoms with van der Waals surface area (Å²) in [5.74, 6) is -4.22. The maximum absolute atomic E-state index is 12.9. The van der Waals surface area contributed by atoms with Crippen molar-refractivity contribution in [1.82, 2.24) is 0 Å². The van der Waals surface area contributed by atoms with E-state index in [0.717, 1.165) is 0 Å². The van der Waals surface area contributed by atoms with Gasteiger partial charge in [-0.05, 0) is 34.6 Å². The minimum absolute atomic E-state index is 0.0218. The molecule has 3 aliphatic rings. The average molecular weight is 422 g/mol. The number of carbonyl (C=O) groups is 3. The zero-order chi connectivity index (χ0) is 22.6. The van der Waals surface area contributed by atoms with E-state index in [0.29, 0.717) is 5.57 Å². The van der Waals surface area contributed by atoms with Gasteiger partial charge in [0.15, 0.2) is 0 Å². The third-order valence-corrected chi connectivity index (χ3v) is 6.80. The van der Waals surface area contributed by atoms with E-state index in [-0.39, 0.29) is 6.42 Å². The van der Waals surface area contributed by atoms with Crippen molar-refractivity contribution in [3.63, 3.8) is 0 Å². The highest BCUT2D eigenvalue weighted by Gasteiger charge is 2.69. The van der Waals surface area contributed by atoms with Crippen LogP contribution in [0.3, 0.4) is 0 Å². The molecular formula is C22H30O8. The zero-order valence-corrected chi connectivity index (χ0v) is 18.2. The van der Waals surface area contributed by atoms with Crippen molar-refractivity contribution in [2.24, 2.45) is 17.8 Å². The van der Waals surface area contributed by atoms with Gasteiger partial charge in [0.1, 0.15) is 12.2 Å². The minimum atomic E-state index is -1.73. The van der Waals surface area contributed by atoms with E-state index in [4.69, 9.17) is 14.2 Å². The van der Waals surface area contributed by atoms with Crippen LogP contribution in [0.15, 0.2) is 23.8 Å². The lowest BCUT2D eigenvalue weighted by Crippen LogP contribution is -2.52. The Hall–Kier alpha value is -2.19. The molecule has 0 radical (unpaired) electrons. The predicted molar refractivity (Wildman–Crippen MR) is 105 cm³/mol. The third-order valence-electron chi connectivity index (χ3n) is 6.80. The molecule has 1 aliphatic heterocycles. The van der Waals surface area contributed by atoms with Crippen molar-refractivity contribution in [3.8, 4) is 0 Å². The van der Waals surface area contributed by atoms with Gasteiger partial charge in [-0.2, -0.15) is 0 Å². The van der Waals surface area contributed by atoms with Crippen LogP contribution < -0.4 is 0 Å². The number of aliphatic hydroxyl groups is 2. The fraction of sp³-hybridized carbons (Fsp3) is 0.682. The number of ether oxygens (including phenoxy) is 3. The Morgan fingerprint density at radius 2 is 1.83 bits per heavy atom. The lowest BCUT2D eigenvalue weighted by Gasteiger charge is -2.38. The largest absolute Gasteiger partial charge is 0.458 e. The van der Waals surface area contributed by atoms with Crippen LogP contribution in [0.4, 0.5) is 0 Å². The van der Waals surface area contributed by atoms with Gasteiger partial charge in [-0.3, -0.25) is 4.79 Å². The van der Waals surface area contributed by atoms with Crippen molar-refractivity contribution < 1.29 is 38.8 Å². The molecule has 8 nitrogen and oxygen atoms in total. The lowest BCUT2D eigenvalue weighted by molar-refractivity contribution is -0.178. The van der Waals surface area contributed by atoms with Crippen LogP contribution >= 0.6 is 0 Å². The van der Waals surface area contributed by atoms with E-state index in [1.54, 1.807) is 45.9 Å². The first-order chi connectivity index (χ1) is 13.7. The van der Waals surface area contributed by atoms with Crippen molar-refractivity contribution >= 4 is 17.9 Å². The second kappa shape index (κ2) is 7.20. The number of hydrogen-bond acceptors (Lipinski definition) is 8. The predicted octanol–water partition coefficient (Wildman–Crippen LogP) is 1.44. The molecule has 0 spiro atoms. The van der Waals surface area contributed by atoms with E-state index >= 15 is 0 Å². The number of carbonyl (C=O) groups excluding carboxylic acids is 3. The van der Waals surface area contributed by atoms with Gasteiger partial charge < -0.3 is 24.4 Å². The highest BCUT2D eigenvalue weighted by molar-refractivity contribution is 5.88. The van der Waals surface area contributed by atoms with Gasteiger partial charge in [-0.15, -0.1) is 0 Å². The molecule has 0 bridgehead atoms. The molecule has 2 fully saturated rings. The SMILES string of the molecule is C/C=C(\C)C(=O)O[C@H]1C[C@](C)(O)[C@H]2C=C[C@](C)(O)[C@H]2[C@@H]2OC(=O)[C@@](C)(OC(C)=O)[C@@H]21. The van der Waals surface area contributed by atoms with Gasteiger partial charge in [-0.25, -0.2) is 9.59 Å². The summed E-state index contributed by atoms with van der Waals surface area (Å²) in [5, 5.41) is 22.3. The van der Waals surface area contributed by atoms with Crippen LogP contribution in [0.2, 0.25) is 0 Å². The van der Waals surface area contributed by atoms with Crippen LogP contribution in [0, 0.1) is 17.8 Å². The molecule has 8 atom stereocenters. The Labute approximate surface area is 175 Å². The van der Waals surface area contributed by atoms with Gasteiger partial charge in [0.05, 0.1) is 17.1 Å². The highest BCUT2D eigenvalue weighted by Crippen LogP contribution is 2.55. The quantitative estimate of drug-likeness (QED) is 0.303. The van der Waals surface area contributed by atoms with Crippen LogP contribution in [0.5, 0.6) is 0 Å². The van der Waals surface area contributed by atoms with Gasteiger partial charge in [0.2, 0.25) is 5.60 Å². The summed E-state index contributed by atoms with van der Waals surface area (Å²) in [7, 11) is 0. The van der Waals surface area contributed by atoms with Gasteiger partial charge >= 0.3 is 17.9 Å². The smallest absolute Gasteiger partial charge is 0.351 e. The van der Waals surface area contributed by atoms with E-state index < -0.39 is 64.7 Å². The average Bonchev–Trinajstić information content (AvgIpc) is 3.02. The van der Waals surface area contributed by atoms with E-state index in [2.05, 4.69) is 0 Å². The summed E-state index contributed by atoms with van der Waals surface area (Å²) >= 11 is 0. The van der Waals surface area contributed by atoms with Gasteiger partial charge in [0, 0.05) is 30.8 Å². The fourth-order valence-corrected chi connectivity index (χ4v) is 5.19. The molecule has 30 heavy (non-hydrogen) atoms. The molecule has 2 aliphatic carbocycles. The molecule has 8 heteroatoms. The second-order valence-electron chi connectivity index (χ2n) is 9.21. The molecule has 0 aromatic rings. The van der Waals surface area contributed by atoms with Crippen molar-refractivity contribution in [3.05, 3.63) is 23.8 Å². The Morgan fingerprint density at radius 3 is 2.40 bits per heavy atom. The summed E-state index contributed by atoms with van der Waals surface area (Å²) in [5.41, 5.74) is -4.11. The monoisotopic (exact) mass is 422 g/mol. The Morgan fingerprint density at radius 1 is 1.20 bits per heavy atom. The first-order valence-electron chi connectivity index (χ1n) is 10.1. The Bertz CT molecular complexity index is 823. The van der Waals surface area contributed by atoms with Crippen molar-refractivity contribution in [2.45, 2.75) is 77.0 Å². The molecule has 0 aromatic heterocycles. The molecule has 3 rings (SSSR count). The molecule has 0 amide bonds. The summed E-state index contributed by atoms with van der Waals surface area (Å²) in [6.45, 7) is 9.08. The van der Waals surface area contributed by atoms with Crippen molar-refractivity contribution in [1.29, 1.82) is 0 Å². The first kappa shape index (κ1) is 22.5.